The molecular weight excluding hydrogens is 294 g/mol. The van der Waals surface area contributed by atoms with E-state index in [2.05, 4.69) is 20.8 Å². The van der Waals surface area contributed by atoms with Gasteiger partial charge in [0.1, 0.15) is 11.8 Å². The highest BCUT2D eigenvalue weighted by Gasteiger charge is 2.36. The molecule has 1 amide bonds. The number of carboxylic acids is 1. The van der Waals surface area contributed by atoms with Crippen molar-refractivity contribution in [1.29, 1.82) is 0 Å². The SMILES string of the molecule is CC(Oc1cccc(C(C)(C)C)c1)C(=O)N1CCC[C@H]1C(=O)O. The quantitative estimate of drug-likeness (QED) is 0.926. The molecule has 0 aromatic heterocycles. The van der Waals surface area contributed by atoms with Crippen LogP contribution >= 0.6 is 0 Å². The smallest absolute Gasteiger partial charge is 0.326 e. The van der Waals surface area contributed by atoms with Crippen molar-refractivity contribution in [1.82, 2.24) is 4.90 Å². The molecule has 0 saturated carbocycles. The Hall–Kier alpha value is -2.04. The van der Waals surface area contributed by atoms with Crippen LogP contribution in [0.2, 0.25) is 0 Å². The van der Waals surface area contributed by atoms with Crippen LogP contribution in [0.1, 0.15) is 46.1 Å². The van der Waals surface area contributed by atoms with Gasteiger partial charge in [-0.3, -0.25) is 4.79 Å². The highest BCUT2D eigenvalue weighted by molar-refractivity contribution is 5.87. The van der Waals surface area contributed by atoms with E-state index in [1.54, 1.807) is 6.92 Å². The molecule has 0 radical (unpaired) electrons. The van der Waals surface area contributed by atoms with E-state index in [0.29, 0.717) is 18.7 Å². The molecule has 0 bridgehead atoms. The summed E-state index contributed by atoms with van der Waals surface area (Å²) in [5.74, 6) is -0.585. The van der Waals surface area contributed by atoms with Crippen molar-refractivity contribution >= 4 is 11.9 Å². The summed E-state index contributed by atoms with van der Waals surface area (Å²) in [6.07, 6.45) is 0.521. The Morgan fingerprint density at radius 3 is 2.65 bits per heavy atom. The Labute approximate surface area is 137 Å². The topological polar surface area (TPSA) is 66.8 Å². The Kier molecular flexibility index (Phi) is 4.97. The molecule has 1 N–H and O–H groups in total. The van der Waals surface area contributed by atoms with Gasteiger partial charge in [-0.05, 0) is 42.9 Å². The molecule has 0 aliphatic carbocycles. The summed E-state index contributed by atoms with van der Waals surface area (Å²) in [6, 6.07) is 6.96. The zero-order chi connectivity index (χ0) is 17.2. The molecule has 1 aliphatic heterocycles. The van der Waals surface area contributed by atoms with E-state index in [9.17, 15) is 14.7 Å². The first kappa shape index (κ1) is 17.3. The van der Waals surface area contributed by atoms with E-state index >= 15 is 0 Å². The van der Waals surface area contributed by atoms with Crippen molar-refractivity contribution in [2.45, 2.75) is 58.1 Å². The first-order chi connectivity index (χ1) is 10.7. The number of aliphatic carboxylic acids is 1. The number of carboxylic acid groups (broad SMARTS) is 1. The number of ether oxygens (including phenoxy) is 1. The number of rotatable bonds is 4. The monoisotopic (exact) mass is 319 g/mol. The van der Waals surface area contributed by atoms with Gasteiger partial charge in [0.25, 0.3) is 5.91 Å². The predicted molar refractivity (Wildman–Crippen MR) is 87.6 cm³/mol. The summed E-state index contributed by atoms with van der Waals surface area (Å²) < 4.78 is 5.77. The molecule has 1 aliphatic rings. The van der Waals surface area contributed by atoms with E-state index in [0.717, 1.165) is 12.0 Å². The van der Waals surface area contributed by atoms with Crippen LogP contribution in [0, 0.1) is 0 Å². The van der Waals surface area contributed by atoms with E-state index in [-0.39, 0.29) is 11.3 Å². The molecule has 0 spiro atoms. The molecule has 2 rings (SSSR count). The van der Waals surface area contributed by atoms with E-state index in [4.69, 9.17) is 4.74 Å². The van der Waals surface area contributed by atoms with Crippen LogP contribution in [0.15, 0.2) is 24.3 Å². The molecule has 5 heteroatoms. The summed E-state index contributed by atoms with van der Waals surface area (Å²) in [4.78, 5) is 25.1. The summed E-state index contributed by atoms with van der Waals surface area (Å²) in [6.45, 7) is 8.49. The number of likely N-dealkylation sites (tertiary alicyclic amines) is 1. The van der Waals surface area contributed by atoms with Crippen molar-refractivity contribution in [3.05, 3.63) is 29.8 Å². The van der Waals surface area contributed by atoms with E-state index in [1.165, 1.54) is 4.90 Å². The van der Waals surface area contributed by atoms with Gasteiger partial charge in [-0.15, -0.1) is 0 Å². The second-order valence-electron chi connectivity index (χ2n) is 7.07. The highest BCUT2D eigenvalue weighted by atomic mass is 16.5. The van der Waals surface area contributed by atoms with Gasteiger partial charge in [-0.25, -0.2) is 4.79 Å². The molecule has 23 heavy (non-hydrogen) atoms. The van der Waals surface area contributed by atoms with E-state index < -0.39 is 18.1 Å². The van der Waals surface area contributed by atoms with Crippen LogP contribution < -0.4 is 4.74 Å². The first-order valence-corrected chi connectivity index (χ1v) is 8.00. The lowest BCUT2D eigenvalue weighted by Crippen LogP contribution is -2.46. The zero-order valence-electron chi connectivity index (χ0n) is 14.2. The van der Waals surface area contributed by atoms with Crippen LogP contribution in [-0.4, -0.2) is 40.6 Å². The molecule has 1 aromatic carbocycles. The molecule has 1 aromatic rings. The third-order valence-electron chi connectivity index (χ3n) is 4.18. The van der Waals surface area contributed by atoms with Crippen LogP contribution in [-0.2, 0) is 15.0 Å². The predicted octanol–water partition coefficient (Wildman–Crippen LogP) is 2.83. The van der Waals surface area contributed by atoms with Gasteiger partial charge >= 0.3 is 5.97 Å². The average molecular weight is 319 g/mol. The first-order valence-electron chi connectivity index (χ1n) is 8.00. The molecule has 2 atom stereocenters. The molecular formula is C18H25NO4. The third-order valence-corrected chi connectivity index (χ3v) is 4.18. The minimum Gasteiger partial charge on any atom is -0.481 e. The zero-order valence-corrected chi connectivity index (χ0v) is 14.2. The maximum Gasteiger partial charge on any atom is 0.326 e. The van der Waals surface area contributed by atoms with Gasteiger partial charge in [0.05, 0.1) is 0 Å². The maximum atomic E-state index is 12.5. The van der Waals surface area contributed by atoms with Crippen LogP contribution in [0.4, 0.5) is 0 Å². The molecule has 126 valence electrons. The normalized spacial score (nSPS) is 19.5. The standard InChI is InChI=1S/C18H25NO4/c1-12(16(20)19-10-6-9-15(19)17(21)22)23-14-8-5-7-13(11-14)18(2,3)4/h5,7-8,11-12,15H,6,9-10H2,1-4H3,(H,21,22)/t12?,15-/m0/s1. The molecule has 1 heterocycles. The minimum absolute atomic E-state index is 0.00400. The molecule has 5 nitrogen and oxygen atoms in total. The average Bonchev–Trinajstić information content (AvgIpc) is 2.95. The summed E-state index contributed by atoms with van der Waals surface area (Å²) in [5, 5.41) is 9.20. The molecule has 1 fully saturated rings. The number of carbonyl (C=O) groups is 2. The second-order valence-corrected chi connectivity index (χ2v) is 7.07. The number of carbonyl (C=O) groups excluding carboxylic acids is 1. The lowest BCUT2D eigenvalue weighted by Gasteiger charge is -2.26. The fraction of sp³-hybridized carbons (Fsp3) is 0.556. The van der Waals surface area contributed by atoms with Crippen molar-refractivity contribution in [2.24, 2.45) is 0 Å². The number of benzene rings is 1. The number of hydrogen-bond acceptors (Lipinski definition) is 3. The fourth-order valence-electron chi connectivity index (χ4n) is 2.81. The highest BCUT2D eigenvalue weighted by Crippen LogP contribution is 2.26. The third kappa shape index (κ3) is 4.03. The Balaban J connectivity index is 2.08. The van der Waals surface area contributed by atoms with Crippen molar-refractivity contribution in [3.8, 4) is 5.75 Å². The Morgan fingerprint density at radius 2 is 2.04 bits per heavy atom. The number of amides is 1. The lowest BCUT2D eigenvalue weighted by molar-refractivity contribution is -0.150. The summed E-state index contributed by atoms with van der Waals surface area (Å²) in [5.41, 5.74) is 1.12. The Morgan fingerprint density at radius 1 is 1.35 bits per heavy atom. The second kappa shape index (κ2) is 6.60. The van der Waals surface area contributed by atoms with Crippen molar-refractivity contribution in [2.75, 3.05) is 6.54 Å². The van der Waals surface area contributed by atoms with Gasteiger partial charge in [0.15, 0.2) is 6.10 Å². The van der Waals surface area contributed by atoms with Gasteiger partial charge in [0.2, 0.25) is 0 Å². The minimum atomic E-state index is -0.947. The van der Waals surface area contributed by atoms with Gasteiger partial charge < -0.3 is 14.7 Å². The van der Waals surface area contributed by atoms with Crippen molar-refractivity contribution < 1.29 is 19.4 Å². The van der Waals surface area contributed by atoms with E-state index in [1.807, 2.05) is 24.3 Å². The van der Waals surface area contributed by atoms with Crippen LogP contribution in [0.5, 0.6) is 5.75 Å². The van der Waals surface area contributed by atoms with Gasteiger partial charge in [-0.2, -0.15) is 0 Å². The molecule has 1 unspecified atom stereocenters. The number of hydrogen-bond donors (Lipinski definition) is 1. The van der Waals surface area contributed by atoms with Gasteiger partial charge in [-0.1, -0.05) is 32.9 Å². The summed E-state index contributed by atoms with van der Waals surface area (Å²) >= 11 is 0. The lowest BCUT2D eigenvalue weighted by atomic mass is 9.87. The maximum absolute atomic E-state index is 12.5. The summed E-state index contributed by atoms with van der Waals surface area (Å²) in [7, 11) is 0. The number of nitrogens with zero attached hydrogens (tertiary/aromatic N) is 1. The van der Waals surface area contributed by atoms with Crippen LogP contribution in [0.3, 0.4) is 0 Å². The van der Waals surface area contributed by atoms with Gasteiger partial charge in [0, 0.05) is 6.54 Å². The fourth-order valence-corrected chi connectivity index (χ4v) is 2.81. The van der Waals surface area contributed by atoms with Crippen LogP contribution in [0.25, 0.3) is 0 Å². The van der Waals surface area contributed by atoms with Crippen molar-refractivity contribution in [3.63, 3.8) is 0 Å². The largest absolute Gasteiger partial charge is 0.481 e. The Bertz CT molecular complexity index is 591. The molecule has 1 saturated heterocycles.